The van der Waals surface area contributed by atoms with Gasteiger partial charge in [-0.25, -0.2) is 8.42 Å². The van der Waals surface area contributed by atoms with Gasteiger partial charge in [0.2, 0.25) is 0 Å². The van der Waals surface area contributed by atoms with Crippen LogP contribution >= 0.6 is 0 Å². The zero-order chi connectivity index (χ0) is 14.6. The maximum atomic E-state index is 12.2. The molecule has 0 radical (unpaired) electrons. The van der Waals surface area contributed by atoms with Gasteiger partial charge in [-0.2, -0.15) is 0 Å². The Morgan fingerprint density at radius 2 is 1.70 bits per heavy atom. The van der Waals surface area contributed by atoms with E-state index < -0.39 is 9.84 Å². The van der Waals surface area contributed by atoms with Crippen LogP contribution in [0.4, 0.5) is 0 Å². The first-order valence-corrected chi connectivity index (χ1v) is 8.33. The molecule has 3 nitrogen and oxygen atoms in total. The molecule has 2 aromatic rings. The van der Waals surface area contributed by atoms with Gasteiger partial charge in [0.25, 0.3) is 0 Å². The van der Waals surface area contributed by atoms with E-state index in [2.05, 4.69) is 18.8 Å². The molecule has 4 heteroatoms. The van der Waals surface area contributed by atoms with Crippen molar-refractivity contribution in [2.75, 3.05) is 0 Å². The molecule has 0 spiro atoms. The molecular formula is C16H19NO2S. The maximum absolute atomic E-state index is 12.2. The van der Waals surface area contributed by atoms with Crippen LogP contribution in [0.5, 0.6) is 0 Å². The molecule has 106 valence electrons. The van der Waals surface area contributed by atoms with E-state index in [0.29, 0.717) is 5.92 Å². The predicted molar refractivity (Wildman–Crippen MR) is 80.1 cm³/mol. The minimum absolute atomic E-state index is 0.0145. The molecule has 0 saturated carbocycles. The van der Waals surface area contributed by atoms with E-state index in [0.717, 1.165) is 12.0 Å². The van der Waals surface area contributed by atoms with Crippen LogP contribution < -0.4 is 0 Å². The van der Waals surface area contributed by atoms with Gasteiger partial charge in [-0.15, -0.1) is 0 Å². The van der Waals surface area contributed by atoms with Gasteiger partial charge in [-0.05, 0) is 35.6 Å². The molecule has 2 rings (SSSR count). The average Bonchev–Trinajstić information content (AvgIpc) is 2.41. The Hall–Kier alpha value is -1.68. The van der Waals surface area contributed by atoms with Crippen molar-refractivity contribution in [1.82, 2.24) is 4.98 Å². The minimum Gasteiger partial charge on any atom is -0.263 e. The van der Waals surface area contributed by atoms with Gasteiger partial charge in [-0.1, -0.05) is 38.1 Å². The van der Waals surface area contributed by atoms with E-state index in [9.17, 15) is 8.42 Å². The van der Waals surface area contributed by atoms with Crippen LogP contribution in [0.25, 0.3) is 0 Å². The molecule has 0 aliphatic carbocycles. The van der Waals surface area contributed by atoms with Crippen molar-refractivity contribution >= 4 is 9.84 Å². The van der Waals surface area contributed by atoms with E-state index in [1.165, 1.54) is 11.8 Å². The van der Waals surface area contributed by atoms with Crippen molar-refractivity contribution < 1.29 is 8.42 Å². The van der Waals surface area contributed by atoms with Crippen molar-refractivity contribution in [2.45, 2.75) is 30.9 Å². The zero-order valence-corrected chi connectivity index (χ0v) is 12.6. The van der Waals surface area contributed by atoms with Gasteiger partial charge in [0.1, 0.15) is 0 Å². The van der Waals surface area contributed by atoms with Crippen molar-refractivity contribution in [1.29, 1.82) is 0 Å². The third-order valence-electron chi connectivity index (χ3n) is 3.02. The van der Waals surface area contributed by atoms with Crippen molar-refractivity contribution in [2.24, 2.45) is 5.92 Å². The lowest BCUT2D eigenvalue weighted by Gasteiger charge is -2.07. The summed E-state index contributed by atoms with van der Waals surface area (Å²) < 4.78 is 24.4. The highest BCUT2D eigenvalue weighted by atomic mass is 32.2. The third-order valence-corrected chi connectivity index (χ3v) is 4.69. The van der Waals surface area contributed by atoms with Crippen LogP contribution in [0.1, 0.15) is 25.0 Å². The number of benzene rings is 1. The van der Waals surface area contributed by atoms with Gasteiger partial charge in [0.05, 0.1) is 10.6 Å². The van der Waals surface area contributed by atoms with Gasteiger partial charge in [-0.3, -0.25) is 4.98 Å². The van der Waals surface area contributed by atoms with Crippen molar-refractivity contribution in [3.8, 4) is 0 Å². The molecule has 0 amide bonds. The second-order valence-electron chi connectivity index (χ2n) is 5.36. The minimum atomic E-state index is -3.31. The molecule has 0 bridgehead atoms. The maximum Gasteiger partial charge on any atom is 0.184 e. The van der Waals surface area contributed by atoms with Crippen LogP contribution in [0.15, 0.2) is 53.7 Å². The quantitative estimate of drug-likeness (QED) is 0.849. The average molecular weight is 289 g/mol. The van der Waals surface area contributed by atoms with E-state index >= 15 is 0 Å². The second kappa shape index (κ2) is 6.18. The molecule has 0 unspecified atom stereocenters. The topological polar surface area (TPSA) is 47.0 Å². The first-order chi connectivity index (χ1) is 9.47. The smallest absolute Gasteiger partial charge is 0.184 e. The Bertz CT molecular complexity index is 647. The Morgan fingerprint density at radius 3 is 2.25 bits per heavy atom. The summed E-state index contributed by atoms with van der Waals surface area (Å²) >= 11 is 0. The summed E-state index contributed by atoms with van der Waals surface area (Å²) in [4.78, 5) is 4.13. The molecule has 0 aliphatic heterocycles. The summed E-state index contributed by atoms with van der Waals surface area (Å²) in [7, 11) is -3.31. The van der Waals surface area contributed by atoms with E-state index in [1.54, 1.807) is 18.3 Å². The molecule has 1 aromatic carbocycles. The number of hydrogen-bond acceptors (Lipinski definition) is 3. The normalized spacial score (nSPS) is 11.8. The van der Waals surface area contributed by atoms with Gasteiger partial charge in [0.15, 0.2) is 9.84 Å². The van der Waals surface area contributed by atoms with E-state index in [1.807, 2.05) is 24.3 Å². The number of nitrogens with zero attached hydrogens (tertiary/aromatic N) is 1. The van der Waals surface area contributed by atoms with Crippen LogP contribution in [0.2, 0.25) is 0 Å². The summed E-state index contributed by atoms with van der Waals surface area (Å²) in [6.45, 7) is 4.33. The van der Waals surface area contributed by atoms with Gasteiger partial charge >= 0.3 is 0 Å². The lowest BCUT2D eigenvalue weighted by molar-refractivity contribution is 0.595. The van der Waals surface area contributed by atoms with Crippen molar-refractivity contribution in [3.63, 3.8) is 0 Å². The fraction of sp³-hybridized carbons (Fsp3) is 0.312. The predicted octanol–water partition coefficient (Wildman–Crippen LogP) is 3.25. The molecule has 0 aliphatic rings. The fourth-order valence-electron chi connectivity index (χ4n) is 2.08. The molecule has 1 aromatic heterocycles. The Kier molecular flexibility index (Phi) is 4.55. The fourth-order valence-corrected chi connectivity index (χ4v) is 3.38. The number of pyridine rings is 1. The van der Waals surface area contributed by atoms with E-state index in [-0.39, 0.29) is 10.6 Å². The van der Waals surface area contributed by atoms with Crippen LogP contribution in [0.3, 0.4) is 0 Å². The van der Waals surface area contributed by atoms with Crippen LogP contribution in [-0.4, -0.2) is 13.4 Å². The largest absolute Gasteiger partial charge is 0.263 e. The number of sulfone groups is 1. The van der Waals surface area contributed by atoms with Gasteiger partial charge in [0, 0.05) is 12.4 Å². The monoisotopic (exact) mass is 289 g/mol. The molecule has 20 heavy (non-hydrogen) atoms. The molecule has 0 saturated heterocycles. The first-order valence-electron chi connectivity index (χ1n) is 6.68. The summed E-state index contributed by atoms with van der Waals surface area (Å²) in [5, 5.41) is 0. The summed E-state index contributed by atoms with van der Waals surface area (Å²) in [5.74, 6) is 0.612. The SMILES string of the molecule is CC(C)Cc1ccc(CS(=O)(=O)c2cccnc2)cc1. The summed E-state index contributed by atoms with van der Waals surface area (Å²) in [6.07, 6.45) is 3.97. The molecule has 1 heterocycles. The van der Waals surface area contributed by atoms with Crippen LogP contribution in [-0.2, 0) is 22.0 Å². The highest BCUT2D eigenvalue weighted by molar-refractivity contribution is 7.90. The van der Waals surface area contributed by atoms with E-state index in [4.69, 9.17) is 0 Å². The lowest BCUT2D eigenvalue weighted by Crippen LogP contribution is -2.05. The Balaban J connectivity index is 2.14. The molecule has 0 fully saturated rings. The number of rotatable bonds is 5. The zero-order valence-electron chi connectivity index (χ0n) is 11.8. The highest BCUT2D eigenvalue weighted by Crippen LogP contribution is 2.16. The lowest BCUT2D eigenvalue weighted by atomic mass is 10.0. The Labute approximate surface area is 120 Å². The summed E-state index contributed by atoms with van der Waals surface area (Å²) in [6, 6.07) is 11.0. The molecule has 0 N–H and O–H groups in total. The first kappa shape index (κ1) is 14.7. The summed E-state index contributed by atoms with van der Waals surface area (Å²) in [5.41, 5.74) is 2.05. The molecular weight excluding hydrogens is 270 g/mol. The highest BCUT2D eigenvalue weighted by Gasteiger charge is 2.15. The van der Waals surface area contributed by atoms with Gasteiger partial charge < -0.3 is 0 Å². The standard InChI is InChI=1S/C16H19NO2S/c1-13(2)10-14-5-7-15(8-6-14)12-20(18,19)16-4-3-9-17-11-16/h3-9,11,13H,10,12H2,1-2H3. The molecule has 0 atom stereocenters. The van der Waals surface area contributed by atoms with Crippen molar-refractivity contribution in [3.05, 3.63) is 59.9 Å². The van der Waals surface area contributed by atoms with Crippen LogP contribution in [0, 0.1) is 5.92 Å². The third kappa shape index (κ3) is 3.90. The number of hydrogen-bond donors (Lipinski definition) is 0. The number of aromatic nitrogens is 1. The Morgan fingerprint density at radius 1 is 1.05 bits per heavy atom. The second-order valence-corrected chi connectivity index (χ2v) is 7.35.